The van der Waals surface area contributed by atoms with Crippen LogP contribution in [0.15, 0.2) is 29.3 Å². The number of nitrogens with zero attached hydrogens (tertiary/aromatic N) is 1. The maximum absolute atomic E-state index is 11.5. The second-order valence-corrected chi connectivity index (χ2v) is 8.47. The first-order valence-electron chi connectivity index (χ1n) is 8.51. The average Bonchev–Trinajstić information content (AvgIpc) is 2.89. The molecular weight excluding hydrogens is 342 g/mol. The van der Waals surface area contributed by atoms with Crippen molar-refractivity contribution in [3.63, 3.8) is 0 Å². The number of nitrogens with one attached hydrogen (secondary N) is 2. The number of sulfone groups is 1. The second-order valence-electron chi connectivity index (χ2n) is 6.25. The van der Waals surface area contributed by atoms with Crippen LogP contribution in [0, 0.1) is 6.92 Å². The van der Waals surface area contributed by atoms with Gasteiger partial charge in [-0.25, -0.2) is 8.42 Å². The SMILES string of the molecule is CCNC(=NCC(O)COc1cccc(C)c1)NC1CCS(=O)(=O)C1. The molecule has 0 saturated carbocycles. The molecule has 1 fully saturated rings. The Balaban J connectivity index is 1.83. The zero-order valence-corrected chi connectivity index (χ0v) is 15.6. The number of aliphatic hydroxyl groups is 1. The molecule has 2 rings (SSSR count). The van der Waals surface area contributed by atoms with E-state index in [0.29, 0.717) is 24.7 Å². The van der Waals surface area contributed by atoms with Crippen LogP contribution < -0.4 is 15.4 Å². The van der Waals surface area contributed by atoms with Crippen LogP contribution in [-0.4, -0.2) is 62.8 Å². The molecule has 2 unspecified atom stereocenters. The van der Waals surface area contributed by atoms with Crippen molar-refractivity contribution in [2.75, 3.05) is 31.2 Å². The fourth-order valence-electron chi connectivity index (χ4n) is 2.57. The van der Waals surface area contributed by atoms with Gasteiger partial charge in [0.15, 0.2) is 15.8 Å². The molecule has 0 bridgehead atoms. The Hall–Kier alpha value is -1.80. The highest BCUT2D eigenvalue weighted by Crippen LogP contribution is 2.13. The number of aliphatic hydroxyl groups excluding tert-OH is 1. The third-order valence-electron chi connectivity index (χ3n) is 3.81. The zero-order valence-electron chi connectivity index (χ0n) is 14.7. The van der Waals surface area contributed by atoms with Crippen LogP contribution in [0.4, 0.5) is 0 Å². The monoisotopic (exact) mass is 369 g/mol. The highest BCUT2D eigenvalue weighted by atomic mass is 32.2. The van der Waals surface area contributed by atoms with Crippen molar-refractivity contribution >= 4 is 15.8 Å². The van der Waals surface area contributed by atoms with Gasteiger partial charge in [0, 0.05) is 12.6 Å². The molecule has 1 heterocycles. The molecule has 1 aromatic carbocycles. The minimum Gasteiger partial charge on any atom is -0.491 e. The summed E-state index contributed by atoms with van der Waals surface area (Å²) in [5.74, 6) is 1.55. The lowest BCUT2D eigenvalue weighted by molar-refractivity contribution is 0.114. The van der Waals surface area contributed by atoms with Gasteiger partial charge < -0.3 is 20.5 Å². The third-order valence-corrected chi connectivity index (χ3v) is 5.58. The Labute approximate surface area is 149 Å². The van der Waals surface area contributed by atoms with Gasteiger partial charge in [-0.2, -0.15) is 0 Å². The predicted molar refractivity (Wildman–Crippen MR) is 98.9 cm³/mol. The van der Waals surface area contributed by atoms with Gasteiger partial charge in [0.05, 0.1) is 18.1 Å². The minimum absolute atomic E-state index is 0.121. The second kappa shape index (κ2) is 9.05. The summed E-state index contributed by atoms with van der Waals surface area (Å²) >= 11 is 0. The summed E-state index contributed by atoms with van der Waals surface area (Å²) in [6.07, 6.45) is -0.172. The third kappa shape index (κ3) is 6.91. The Morgan fingerprint density at radius 3 is 2.92 bits per heavy atom. The Morgan fingerprint density at radius 2 is 2.28 bits per heavy atom. The van der Waals surface area contributed by atoms with Crippen LogP contribution in [0.25, 0.3) is 0 Å². The molecule has 0 aliphatic carbocycles. The van der Waals surface area contributed by atoms with E-state index in [0.717, 1.165) is 5.56 Å². The first-order chi connectivity index (χ1) is 11.9. The molecule has 25 heavy (non-hydrogen) atoms. The largest absolute Gasteiger partial charge is 0.491 e. The van der Waals surface area contributed by atoms with E-state index in [-0.39, 0.29) is 30.7 Å². The lowest BCUT2D eigenvalue weighted by Gasteiger charge is -2.17. The van der Waals surface area contributed by atoms with Gasteiger partial charge in [0.25, 0.3) is 0 Å². The average molecular weight is 369 g/mol. The van der Waals surface area contributed by atoms with Gasteiger partial charge in [0.1, 0.15) is 18.5 Å². The summed E-state index contributed by atoms with van der Waals surface area (Å²) in [6.45, 7) is 4.87. The number of aliphatic imine (C=N–C) groups is 1. The van der Waals surface area contributed by atoms with E-state index in [1.165, 1.54) is 0 Å². The topological polar surface area (TPSA) is 100 Å². The Bertz CT molecular complexity index is 691. The molecule has 2 atom stereocenters. The number of hydrogen-bond acceptors (Lipinski definition) is 5. The van der Waals surface area contributed by atoms with E-state index in [1.807, 2.05) is 38.1 Å². The van der Waals surface area contributed by atoms with Crippen LogP contribution in [-0.2, 0) is 9.84 Å². The number of hydrogen-bond donors (Lipinski definition) is 3. The summed E-state index contributed by atoms with van der Waals surface area (Å²) < 4.78 is 28.6. The predicted octanol–water partition coefficient (Wildman–Crippen LogP) is 0.477. The van der Waals surface area contributed by atoms with Crippen molar-refractivity contribution in [2.24, 2.45) is 4.99 Å². The van der Waals surface area contributed by atoms with Crippen molar-refractivity contribution in [2.45, 2.75) is 32.4 Å². The van der Waals surface area contributed by atoms with E-state index in [4.69, 9.17) is 4.74 Å². The lowest BCUT2D eigenvalue weighted by Crippen LogP contribution is -2.44. The van der Waals surface area contributed by atoms with Gasteiger partial charge >= 0.3 is 0 Å². The van der Waals surface area contributed by atoms with Gasteiger partial charge in [-0.1, -0.05) is 12.1 Å². The van der Waals surface area contributed by atoms with Gasteiger partial charge in [0.2, 0.25) is 0 Å². The molecule has 8 heteroatoms. The number of benzene rings is 1. The molecule has 7 nitrogen and oxygen atoms in total. The van der Waals surface area contributed by atoms with E-state index >= 15 is 0 Å². The maximum atomic E-state index is 11.5. The fourth-order valence-corrected chi connectivity index (χ4v) is 4.24. The highest BCUT2D eigenvalue weighted by molar-refractivity contribution is 7.91. The molecule has 3 N–H and O–H groups in total. The van der Waals surface area contributed by atoms with E-state index in [9.17, 15) is 13.5 Å². The van der Waals surface area contributed by atoms with Crippen LogP contribution in [0.2, 0.25) is 0 Å². The first kappa shape index (κ1) is 19.5. The van der Waals surface area contributed by atoms with Crippen LogP contribution in [0.5, 0.6) is 5.75 Å². The van der Waals surface area contributed by atoms with Crippen molar-refractivity contribution < 1.29 is 18.3 Å². The Morgan fingerprint density at radius 1 is 1.48 bits per heavy atom. The maximum Gasteiger partial charge on any atom is 0.191 e. The summed E-state index contributed by atoms with van der Waals surface area (Å²) in [5, 5.41) is 16.2. The number of rotatable bonds is 7. The van der Waals surface area contributed by atoms with Crippen molar-refractivity contribution in [1.82, 2.24) is 10.6 Å². The molecule has 140 valence electrons. The van der Waals surface area contributed by atoms with Gasteiger partial charge in [-0.05, 0) is 38.0 Å². The smallest absolute Gasteiger partial charge is 0.191 e. The summed E-state index contributed by atoms with van der Waals surface area (Å²) in [7, 11) is -2.94. The van der Waals surface area contributed by atoms with Crippen LogP contribution >= 0.6 is 0 Å². The van der Waals surface area contributed by atoms with Crippen molar-refractivity contribution in [1.29, 1.82) is 0 Å². The quantitative estimate of drug-likeness (QED) is 0.477. The number of ether oxygens (including phenoxy) is 1. The molecule has 1 aromatic rings. The van der Waals surface area contributed by atoms with E-state index in [2.05, 4.69) is 15.6 Å². The molecule has 1 aliphatic rings. The first-order valence-corrected chi connectivity index (χ1v) is 10.3. The molecule has 0 radical (unpaired) electrons. The van der Waals surface area contributed by atoms with Crippen molar-refractivity contribution in [3.05, 3.63) is 29.8 Å². The molecule has 0 spiro atoms. The van der Waals surface area contributed by atoms with Gasteiger partial charge in [-0.15, -0.1) is 0 Å². The Kier molecular flexibility index (Phi) is 7.07. The van der Waals surface area contributed by atoms with Crippen LogP contribution in [0.3, 0.4) is 0 Å². The van der Waals surface area contributed by atoms with Gasteiger partial charge in [-0.3, -0.25) is 4.99 Å². The zero-order chi connectivity index (χ0) is 18.3. The van der Waals surface area contributed by atoms with E-state index < -0.39 is 15.9 Å². The van der Waals surface area contributed by atoms with Crippen molar-refractivity contribution in [3.8, 4) is 5.75 Å². The molecule has 1 aliphatic heterocycles. The highest BCUT2D eigenvalue weighted by Gasteiger charge is 2.28. The molecule has 0 aromatic heterocycles. The molecular formula is C17H27N3O4S. The molecule has 0 amide bonds. The minimum atomic E-state index is -2.94. The number of guanidine groups is 1. The lowest BCUT2D eigenvalue weighted by atomic mass is 10.2. The molecule has 1 saturated heterocycles. The normalized spacial score (nSPS) is 20.9. The summed E-state index contributed by atoms with van der Waals surface area (Å²) in [4.78, 5) is 4.32. The standard InChI is InChI=1S/C17H27N3O4S/c1-3-18-17(20-14-7-8-25(22,23)12-14)19-10-15(21)11-24-16-6-4-5-13(2)9-16/h4-6,9,14-15,21H,3,7-8,10-12H2,1-2H3,(H2,18,19,20). The summed E-state index contributed by atoms with van der Waals surface area (Å²) in [6, 6.07) is 7.49. The number of aryl methyl sites for hydroxylation is 1. The van der Waals surface area contributed by atoms with Crippen LogP contribution in [0.1, 0.15) is 18.9 Å². The summed E-state index contributed by atoms with van der Waals surface area (Å²) in [5.41, 5.74) is 1.09. The fraction of sp³-hybridized carbons (Fsp3) is 0.588. The van der Waals surface area contributed by atoms with E-state index in [1.54, 1.807) is 0 Å².